The van der Waals surface area contributed by atoms with E-state index in [-0.39, 0.29) is 0 Å². The highest BCUT2D eigenvalue weighted by atomic mass is 35.5. The second-order valence-corrected chi connectivity index (χ2v) is 6.34. The average molecular weight is 290 g/mol. The van der Waals surface area contributed by atoms with Gasteiger partial charge in [0.05, 0.1) is 10.0 Å². The summed E-state index contributed by atoms with van der Waals surface area (Å²) in [5.41, 5.74) is 0. The fraction of sp³-hybridized carbons (Fsp3) is 0.538. The molecule has 1 aliphatic carbocycles. The molecule has 0 aliphatic heterocycles. The lowest BCUT2D eigenvalue weighted by Gasteiger charge is -2.11. The third kappa shape index (κ3) is 4.36. The summed E-state index contributed by atoms with van der Waals surface area (Å²) in [4.78, 5) is 1.19. The van der Waals surface area contributed by atoms with Crippen LogP contribution in [0.2, 0.25) is 10.0 Å². The first kappa shape index (κ1) is 13.5. The van der Waals surface area contributed by atoms with E-state index in [1.54, 1.807) is 0 Å². The van der Waals surface area contributed by atoms with E-state index in [1.807, 2.05) is 30.0 Å². The van der Waals surface area contributed by atoms with E-state index in [9.17, 15) is 0 Å². The normalized spacial score (nSPS) is 16.6. The molecule has 1 nitrogen and oxygen atoms in total. The molecule has 0 aromatic heterocycles. The van der Waals surface area contributed by atoms with Gasteiger partial charge in [0.2, 0.25) is 0 Å². The van der Waals surface area contributed by atoms with E-state index in [0.29, 0.717) is 10.0 Å². The first-order chi connectivity index (χ1) is 8.25. The predicted octanol–water partition coefficient (Wildman–Crippen LogP) is 4.62. The first-order valence-corrected chi connectivity index (χ1v) is 7.81. The molecule has 4 heteroatoms. The van der Waals surface area contributed by atoms with Crippen molar-refractivity contribution in [2.24, 2.45) is 0 Å². The predicted molar refractivity (Wildman–Crippen MR) is 77.4 cm³/mol. The molecule has 0 spiro atoms. The summed E-state index contributed by atoms with van der Waals surface area (Å²) in [6.07, 6.45) is 5.46. The number of thioether (sulfide) groups is 1. The highest BCUT2D eigenvalue weighted by molar-refractivity contribution is 7.99. The molecule has 1 aromatic carbocycles. The van der Waals surface area contributed by atoms with Gasteiger partial charge in [0.25, 0.3) is 0 Å². The summed E-state index contributed by atoms with van der Waals surface area (Å²) >= 11 is 13.7. The maximum atomic E-state index is 5.97. The summed E-state index contributed by atoms with van der Waals surface area (Å²) in [5, 5.41) is 4.86. The van der Waals surface area contributed by atoms with Gasteiger partial charge in [0.1, 0.15) is 0 Å². The molecule has 0 saturated heterocycles. The highest BCUT2D eigenvalue weighted by Gasteiger charge is 2.13. The van der Waals surface area contributed by atoms with Crippen LogP contribution in [0.4, 0.5) is 0 Å². The van der Waals surface area contributed by atoms with E-state index >= 15 is 0 Å². The SMILES string of the molecule is Clc1ccc(SCCNC2CCCC2)cc1Cl. The van der Waals surface area contributed by atoms with Crippen LogP contribution in [0.5, 0.6) is 0 Å². The van der Waals surface area contributed by atoms with Crippen LogP contribution in [0.25, 0.3) is 0 Å². The van der Waals surface area contributed by atoms with Crippen molar-refractivity contribution in [1.82, 2.24) is 5.32 Å². The fourth-order valence-corrected chi connectivity index (χ4v) is 3.31. The number of hydrogen-bond acceptors (Lipinski definition) is 2. The van der Waals surface area contributed by atoms with E-state index in [2.05, 4.69) is 5.32 Å². The molecule has 0 heterocycles. The van der Waals surface area contributed by atoms with Gasteiger partial charge in [-0.1, -0.05) is 36.0 Å². The van der Waals surface area contributed by atoms with Crippen LogP contribution >= 0.6 is 35.0 Å². The number of nitrogens with one attached hydrogen (secondary N) is 1. The van der Waals surface area contributed by atoms with Crippen molar-refractivity contribution in [2.45, 2.75) is 36.6 Å². The Morgan fingerprint density at radius 2 is 1.94 bits per heavy atom. The molecule has 0 atom stereocenters. The van der Waals surface area contributed by atoms with Gasteiger partial charge >= 0.3 is 0 Å². The molecule has 2 rings (SSSR count). The van der Waals surface area contributed by atoms with Crippen molar-refractivity contribution >= 4 is 35.0 Å². The minimum Gasteiger partial charge on any atom is -0.313 e. The van der Waals surface area contributed by atoms with Gasteiger partial charge in [-0.3, -0.25) is 0 Å². The zero-order chi connectivity index (χ0) is 12.1. The molecule has 1 saturated carbocycles. The molecule has 17 heavy (non-hydrogen) atoms. The van der Waals surface area contributed by atoms with Crippen molar-refractivity contribution in [3.63, 3.8) is 0 Å². The van der Waals surface area contributed by atoms with Crippen molar-refractivity contribution < 1.29 is 0 Å². The van der Waals surface area contributed by atoms with Gasteiger partial charge in [0.15, 0.2) is 0 Å². The van der Waals surface area contributed by atoms with Crippen LogP contribution in [-0.2, 0) is 0 Å². The minimum absolute atomic E-state index is 0.625. The van der Waals surface area contributed by atoms with Crippen LogP contribution in [0.1, 0.15) is 25.7 Å². The quantitative estimate of drug-likeness (QED) is 0.627. The van der Waals surface area contributed by atoms with Crippen LogP contribution in [0, 0.1) is 0 Å². The Bertz CT molecular complexity index is 364. The van der Waals surface area contributed by atoms with Crippen molar-refractivity contribution in [3.05, 3.63) is 28.2 Å². The summed E-state index contributed by atoms with van der Waals surface area (Å²) < 4.78 is 0. The molecule has 94 valence electrons. The van der Waals surface area contributed by atoms with E-state index in [0.717, 1.165) is 18.3 Å². The van der Waals surface area contributed by atoms with Gasteiger partial charge in [-0.25, -0.2) is 0 Å². The number of benzene rings is 1. The van der Waals surface area contributed by atoms with Crippen molar-refractivity contribution in [1.29, 1.82) is 0 Å². The molecule has 1 N–H and O–H groups in total. The lowest BCUT2D eigenvalue weighted by atomic mass is 10.2. The summed E-state index contributed by atoms with van der Waals surface area (Å²) in [6.45, 7) is 1.07. The fourth-order valence-electron chi connectivity index (χ4n) is 2.13. The Hall–Kier alpha value is 0.110. The smallest absolute Gasteiger partial charge is 0.0603 e. The molecular formula is C13H17Cl2NS. The van der Waals surface area contributed by atoms with Gasteiger partial charge in [-0.15, -0.1) is 11.8 Å². The summed E-state index contributed by atoms with van der Waals surface area (Å²) in [5.74, 6) is 1.08. The van der Waals surface area contributed by atoms with Gasteiger partial charge < -0.3 is 5.32 Å². The Labute approximate surface area is 117 Å². The second-order valence-electron chi connectivity index (χ2n) is 4.36. The lowest BCUT2D eigenvalue weighted by Crippen LogP contribution is -2.27. The van der Waals surface area contributed by atoms with Crippen molar-refractivity contribution in [3.8, 4) is 0 Å². The summed E-state index contributed by atoms with van der Waals surface area (Å²) in [7, 11) is 0. The Balaban J connectivity index is 1.68. The monoisotopic (exact) mass is 289 g/mol. The third-order valence-corrected chi connectivity index (χ3v) is 4.78. The Morgan fingerprint density at radius 3 is 2.65 bits per heavy atom. The molecule has 1 aliphatic rings. The summed E-state index contributed by atoms with van der Waals surface area (Å²) in [6, 6.07) is 6.57. The first-order valence-electron chi connectivity index (χ1n) is 6.07. The van der Waals surface area contributed by atoms with Crippen LogP contribution in [-0.4, -0.2) is 18.3 Å². The van der Waals surface area contributed by atoms with E-state index in [4.69, 9.17) is 23.2 Å². The molecule has 0 radical (unpaired) electrons. The highest BCUT2D eigenvalue weighted by Crippen LogP contribution is 2.27. The maximum Gasteiger partial charge on any atom is 0.0603 e. The average Bonchev–Trinajstić information content (AvgIpc) is 2.82. The van der Waals surface area contributed by atoms with E-state index in [1.165, 1.54) is 30.6 Å². The second kappa shape index (κ2) is 6.89. The van der Waals surface area contributed by atoms with Crippen LogP contribution in [0.3, 0.4) is 0 Å². The Morgan fingerprint density at radius 1 is 1.18 bits per heavy atom. The van der Waals surface area contributed by atoms with Crippen LogP contribution in [0.15, 0.2) is 23.1 Å². The zero-order valence-electron chi connectivity index (χ0n) is 9.72. The lowest BCUT2D eigenvalue weighted by molar-refractivity contribution is 0.545. The number of halogens is 2. The third-order valence-electron chi connectivity index (χ3n) is 3.05. The molecule has 0 bridgehead atoms. The zero-order valence-corrected chi connectivity index (χ0v) is 12.0. The van der Waals surface area contributed by atoms with Crippen LogP contribution < -0.4 is 5.32 Å². The molecule has 0 amide bonds. The molecule has 1 aromatic rings. The standard InChI is InChI=1S/C13H17Cl2NS/c14-12-6-5-11(9-13(12)15)17-8-7-16-10-3-1-2-4-10/h5-6,9-10,16H,1-4,7-8H2. The van der Waals surface area contributed by atoms with Gasteiger partial charge in [-0.2, -0.15) is 0 Å². The number of rotatable bonds is 5. The van der Waals surface area contributed by atoms with Gasteiger partial charge in [0, 0.05) is 23.2 Å². The topological polar surface area (TPSA) is 12.0 Å². The molecular weight excluding hydrogens is 273 g/mol. The molecule has 0 unspecified atom stereocenters. The number of hydrogen-bond donors (Lipinski definition) is 1. The Kier molecular flexibility index (Phi) is 5.49. The molecule has 1 fully saturated rings. The maximum absolute atomic E-state index is 5.97. The van der Waals surface area contributed by atoms with Crippen molar-refractivity contribution in [2.75, 3.05) is 12.3 Å². The van der Waals surface area contributed by atoms with Gasteiger partial charge in [-0.05, 0) is 31.0 Å². The minimum atomic E-state index is 0.625. The largest absolute Gasteiger partial charge is 0.313 e. The van der Waals surface area contributed by atoms with E-state index < -0.39 is 0 Å².